The Morgan fingerprint density at radius 1 is 0.318 bits per heavy atom. The number of allylic oxidation sites excluding steroid dienone is 14. The number of hydrogen-bond acceptors (Lipinski definition) is 6. The van der Waals surface area contributed by atoms with Gasteiger partial charge >= 0.3 is 17.9 Å². The summed E-state index contributed by atoms with van der Waals surface area (Å²) in [7, 11) is 0. The van der Waals surface area contributed by atoms with E-state index in [1.165, 1.54) is 96.3 Å². The molecule has 0 aromatic rings. The smallest absolute Gasteiger partial charge is 0.306 e. The molecule has 1 unspecified atom stereocenters. The number of unbranched alkanes of at least 4 members (excludes halogenated alkanes) is 24. The summed E-state index contributed by atoms with van der Waals surface area (Å²) >= 11 is 0. The molecule has 378 valence electrons. The molecule has 0 bridgehead atoms. The number of ether oxygens (including phenoxy) is 3. The van der Waals surface area contributed by atoms with E-state index in [0.717, 1.165) is 122 Å². The van der Waals surface area contributed by atoms with Crippen LogP contribution in [0.25, 0.3) is 0 Å². The molecule has 0 rings (SSSR count). The van der Waals surface area contributed by atoms with Gasteiger partial charge in [-0.05, 0) is 89.9 Å². The van der Waals surface area contributed by atoms with Crippen LogP contribution in [0, 0.1) is 0 Å². The zero-order valence-electron chi connectivity index (χ0n) is 43.2. The first kappa shape index (κ1) is 62.6. The van der Waals surface area contributed by atoms with Gasteiger partial charge in [0.1, 0.15) is 13.2 Å². The van der Waals surface area contributed by atoms with Crippen molar-refractivity contribution >= 4 is 17.9 Å². The minimum atomic E-state index is -0.788. The minimum Gasteiger partial charge on any atom is -0.462 e. The van der Waals surface area contributed by atoms with Gasteiger partial charge in [-0.3, -0.25) is 14.4 Å². The molecule has 1 atom stereocenters. The molecule has 0 heterocycles. The van der Waals surface area contributed by atoms with Crippen LogP contribution in [0.4, 0.5) is 0 Å². The quantitative estimate of drug-likeness (QED) is 0.0262. The average Bonchev–Trinajstić information content (AvgIpc) is 3.31. The molecule has 0 N–H and O–H groups in total. The van der Waals surface area contributed by atoms with Crippen molar-refractivity contribution in [3.05, 3.63) is 85.1 Å². The summed E-state index contributed by atoms with van der Waals surface area (Å²) in [5.41, 5.74) is 0. The Labute approximate surface area is 407 Å². The van der Waals surface area contributed by atoms with E-state index < -0.39 is 6.10 Å². The molecular formula is C60H102O6. The van der Waals surface area contributed by atoms with E-state index in [4.69, 9.17) is 14.2 Å². The minimum absolute atomic E-state index is 0.0851. The molecule has 0 aliphatic carbocycles. The van der Waals surface area contributed by atoms with Crippen LogP contribution in [0.2, 0.25) is 0 Å². The van der Waals surface area contributed by atoms with E-state index in [2.05, 4.69) is 106 Å². The lowest BCUT2D eigenvalue weighted by Gasteiger charge is -2.18. The Morgan fingerprint density at radius 2 is 0.591 bits per heavy atom. The molecule has 66 heavy (non-hydrogen) atoms. The average molecular weight is 919 g/mol. The highest BCUT2D eigenvalue weighted by atomic mass is 16.6. The summed E-state index contributed by atoms with van der Waals surface area (Å²) in [5.74, 6) is -0.908. The van der Waals surface area contributed by atoms with E-state index in [-0.39, 0.29) is 31.1 Å². The van der Waals surface area contributed by atoms with Crippen molar-refractivity contribution in [3.8, 4) is 0 Å². The predicted octanol–water partition coefficient (Wildman–Crippen LogP) is 18.4. The summed E-state index contributed by atoms with van der Waals surface area (Å²) in [6, 6.07) is 0. The lowest BCUT2D eigenvalue weighted by Crippen LogP contribution is -2.30. The summed E-state index contributed by atoms with van der Waals surface area (Å²) in [4.78, 5) is 38.1. The van der Waals surface area contributed by atoms with Crippen molar-refractivity contribution in [1.82, 2.24) is 0 Å². The van der Waals surface area contributed by atoms with E-state index in [9.17, 15) is 14.4 Å². The summed E-state index contributed by atoms with van der Waals surface area (Å²) in [6.07, 6.45) is 69.9. The Hall–Kier alpha value is -3.41. The fourth-order valence-corrected chi connectivity index (χ4v) is 7.57. The number of rotatable bonds is 49. The molecule has 6 nitrogen and oxygen atoms in total. The highest BCUT2D eigenvalue weighted by Crippen LogP contribution is 2.15. The normalized spacial score (nSPS) is 12.7. The molecule has 0 aromatic carbocycles. The van der Waals surface area contributed by atoms with E-state index in [0.29, 0.717) is 19.3 Å². The lowest BCUT2D eigenvalue weighted by molar-refractivity contribution is -0.167. The van der Waals surface area contributed by atoms with Crippen LogP contribution in [0.1, 0.15) is 258 Å². The van der Waals surface area contributed by atoms with Crippen molar-refractivity contribution < 1.29 is 28.6 Å². The van der Waals surface area contributed by atoms with Gasteiger partial charge in [-0.1, -0.05) is 234 Å². The van der Waals surface area contributed by atoms with Gasteiger partial charge in [0.25, 0.3) is 0 Å². The maximum Gasteiger partial charge on any atom is 0.306 e. The molecule has 0 fully saturated rings. The fraction of sp³-hybridized carbons (Fsp3) is 0.717. The van der Waals surface area contributed by atoms with E-state index in [1.807, 2.05) is 0 Å². The van der Waals surface area contributed by atoms with Gasteiger partial charge in [0, 0.05) is 19.3 Å². The van der Waals surface area contributed by atoms with Crippen LogP contribution >= 0.6 is 0 Å². The molecule has 0 saturated carbocycles. The Kier molecular flexibility index (Phi) is 51.4. The first-order valence-corrected chi connectivity index (χ1v) is 27.6. The maximum absolute atomic E-state index is 12.8. The first-order chi connectivity index (χ1) is 32.5. The van der Waals surface area contributed by atoms with Crippen LogP contribution in [-0.2, 0) is 28.6 Å². The third kappa shape index (κ3) is 51.6. The Morgan fingerprint density at radius 3 is 0.924 bits per heavy atom. The SMILES string of the molecule is CC/C=C\C/C=C\C/C=C\C/C=C\CCCCCCCCC(=O)OCC(COC(=O)CCCCCCCCCCCCCCC)OC(=O)CCCCCCCC/C=C\C/C=C\C/C=C\CC. The molecule has 0 aromatic heterocycles. The molecule has 0 saturated heterocycles. The molecule has 0 aliphatic rings. The highest BCUT2D eigenvalue weighted by Gasteiger charge is 2.19. The largest absolute Gasteiger partial charge is 0.462 e. The van der Waals surface area contributed by atoms with Crippen molar-refractivity contribution in [2.75, 3.05) is 13.2 Å². The van der Waals surface area contributed by atoms with Crippen molar-refractivity contribution in [2.24, 2.45) is 0 Å². The number of hydrogen-bond donors (Lipinski definition) is 0. The standard InChI is InChI=1S/C60H102O6/c1-4-7-10-13-16-19-22-25-27-29-30-31-33-35-38-41-44-47-50-53-59(62)65-56-57(55-64-58(61)52-49-46-43-40-37-34-24-21-18-15-12-9-6-3)66-60(63)54-51-48-45-42-39-36-32-28-26-23-20-17-14-11-8-5-2/h7-8,10-11,16-17,19-20,25-28,30-31,57H,4-6,9,12-15,18,21-24,29,32-56H2,1-3H3/b10-7-,11-8-,19-16-,20-17-,27-25-,28-26-,31-30-. The predicted molar refractivity (Wildman–Crippen MR) is 284 cm³/mol. The zero-order valence-corrected chi connectivity index (χ0v) is 43.2. The van der Waals surface area contributed by atoms with Gasteiger partial charge in [-0.2, -0.15) is 0 Å². The summed E-state index contributed by atoms with van der Waals surface area (Å²) in [5, 5.41) is 0. The molecule has 0 radical (unpaired) electrons. The lowest BCUT2D eigenvalue weighted by atomic mass is 10.0. The van der Waals surface area contributed by atoms with Crippen LogP contribution in [0.3, 0.4) is 0 Å². The first-order valence-electron chi connectivity index (χ1n) is 27.6. The summed E-state index contributed by atoms with van der Waals surface area (Å²) in [6.45, 7) is 6.40. The van der Waals surface area contributed by atoms with Gasteiger partial charge < -0.3 is 14.2 Å². The molecule has 0 spiro atoms. The topological polar surface area (TPSA) is 78.9 Å². The third-order valence-corrected chi connectivity index (χ3v) is 11.6. The maximum atomic E-state index is 12.8. The molecule has 0 amide bonds. The van der Waals surface area contributed by atoms with Crippen LogP contribution < -0.4 is 0 Å². The van der Waals surface area contributed by atoms with Gasteiger partial charge in [0.2, 0.25) is 0 Å². The second-order valence-corrected chi connectivity index (χ2v) is 18.1. The van der Waals surface area contributed by atoms with E-state index >= 15 is 0 Å². The zero-order chi connectivity index (χ0) is 47.9. The highest BCUT2D eigenvalue weighted by molar-refractivity contribution is 5.71. The van der Waals surface area contributed by atoms with Gasteiger partial charge in [-0.15, -0.1) is 0 Å². The van der Waals surface area contributed by atoms with Crippen LogP contribution in [0.15, 0.2) is 85.1 Å². The van der Waals surface area contributed by atoms with E-state index in [1.54, 1.807) is 0 Å². The van der Waals surface area contributed by atoms with Crippen LogP contribution in [-0.4, -0.2) is 37.2 Å². The number of carbonyl (C=O) groups is 3. The van der Waals surface area contributed by atoms with Crippen molar-refractivity contribution in [3.63, 3.8) is 0 Å². The van der Waals surface area contributed by atoms with Crippen molar-refractivity contribution in [1.29, 1.82) is 0 Å². The van der Waals surface area contributed by atoms with Gasteiger partial charge in [0.05, 0.1) is 0 Å². The Balaban J connectivity index is 4.41. The number of carbonyl (C=O) groups excluding carboxylic acids is 3. The second-order valence-electron chi connectivity index (χ2n) is 18.1. The van der Waals surface area contributed by atoms with Gasteiger partial charge in [-0.25, -0.2) is 0 Å². The second kappa shape index (κ2) is 54.2. The third-order valence-electron chi connectivity index (χ3n) is 11.6. The van der Waals surface area contributed by atoms with Crippen LogP contribution in [0.5, 0.6) is 0 Å². The molecule has 0 aliphatic heterocycles. The Bertz CT molecular complexity index is 1290. The summed E-state index contributed by atoms with van der Waals surface area (Å²) < 4.78 is 16.8. The van der Waals surface area contributed by atoms with Gasteiger partial charge in [0.15, 0.2) is 6.10 Å². The monoisotopic (exact) mass is 919 g/mol. The number of esters is 3. The fourth-order valence-electron chi connectivity index (χ4n) is 7.57. The van der Waals surface area contributed by atoms with Crippen molar-refractivity contribution in [2.45, 2.75) is 264 Å². The molecular weight excluding hydrogens is 817 g/mol. The molecule has 6 heteroatoms.